The van der Waals surface area contributed by atoms with Gasteiger partial charge in [0.15, 0.2) is 0 Å². The summed E-state index contributed by atoms with van der Waals surface area (Å²) in [5.41, 5.74) is 5.83. The van der Waals surface area contributed by atoms with Gasteiger partial charge in [-0.05, 0) is 37.8 Å². The molecule has 0 aromatic heterocycles. The van der Waals surface area contributed by atoms with E-state index < -0.39 is 0 Å². The summed E-state index contributed by atoms with van der Waals surface area (Å²) in [6.45, 7) is 0. The first-order valence-electron chi connectivity index (χ1n) is 5.32. The van der Waals surface area contributed by atoms with E-state index in [0.717, 1.165) is 31.4 Å². The predicted octanol–water partition coefficient (Wildman–Crippen LogP) is 2.97. The highest BCUT2D eigenvalue weighted by Gasteiger charge is 2.19. The van der Waals surface area contributed by atoms with Crippen molar-refractivity contribution < 1.29 is 4.74 Å². The summed E-state index contributed by atoms with van der Waals surface area (Å²) in [4.78, 5) is 0. The van der Waals surface area contributed by atoms with Crippen LogP contribution in [-0.2, 0) is 0 Å². The molecule has 1 aromatic rings. The van der Waals surface area contributed by atoms with Crippen LogP contribution in [0.15, 0.2) is 30.3 Å². The van der Waals surface area contributed by atoms with Gasteiger partial charge in [0.05, 0.1) is 6.10 Å². The lowest BCUT2D eigenvalue weighted by molar-refractivity contribution is 0.147. The third-order valence-corrected chi connectivity index (χ3v) is 2.76. The number of rotatable bonds is 2. The van der Waals surface area contributed by atoms with Gasteiger partial charge in [-0.2, -0.15) is 0 Å². The minimum Gasteiger partial charge on any atom is -0.490 e. The summed E-state index contributed by atoms with van der Waals surface area (Å²) in [7, 11) is 0. The van der Waals surface area contributed by atoms with Crippen LogP contribution in [-0.4, -0.2) is 12.1 Å². The number of benzene rings is 1. The standard InChI is InChI=1S/C12H17NO.CH4/c13-10-6-8-12(9-7-10)14-11-4-2-1-3-5-11;/h1-5,10,12H,6-9,13H2;1H4. The Hall–Kier alpha value is -1.02. The maximum Gasteiger partial charge on any atom is 0.119 e. The van der Waals surface area contributed by atoms with Gasteiger partial charge in [-0.15, -0.1) is 0 Å². The van der Waals surface area contributed by atoms with Crippen LogP contribution in [0, 0.1) is 0 Å². The monoisotopic (exact) mass is 207 g/mol. The molecule has 0 amide bonds. The van der Waals surface area contributed by atoms with Crippen LogP contribution >= 0.6 is 0 Å². The van der Waals surface area contributed by atoms with Gasteiger partial charge in [-0.1, -0.05) is 25.6 Å². The Labute approximate surface area is 92.4 Å². The summed E-state index contributed by atoms with van der Waals surface area (Å²) in [6, 6.07) is 10.4. The van der Waals surface area contributed by atoms with E-state index in [9.17, 15) is 0 Å². The Bertz CT molecular complexity index is 265. The fourth-order valence-corrected chi connectivity index (χ4v) is 1.90. The van der Waals surface area contributed by atoms with Crippen LogP contribution in [0.1, 0.15) is 33.1 Å². The second kappa shape index (κ2) is 5.76. The SMILES string of the molecule is C.NC1CCC(Oc2ccccc2)CC1. The molecule has 84 valence electrons. The van der Waals surface area contributed by atoms with Gasteiger partial charge in [0.2, 0.25) is 0 Å². The van der Waals surface area contributed by atoms with E-state index in [1.54, 1.807) is 0 Å². The molecular formula is C13H21NO. The van der Waals surface area contributed by atoms with E-state index in [-0.39, 0.29) is 7.43 Å². The lowest BCUT2D eigenvalue weighted by Gasteiger charge is -2.26. The van der Waals surface area contributed by atoms with Gasteiger partial charge in [0, 0.05) is 6.04 Å². The molecule has 0 radical (unpaired) electrons. The van der Waals surface area contributed by atoms with Crippen LogP contribution in [0.2, 0.25) is 0 Å². The van der Waals surface area contributed by atoms with Crippen molar-refractivity contribution in [2.75, 3.05) is 0 Å². The quantitative estimate of drug-likeness (QED) is 0.809. The molecule has 1 saturated carbocycles. The second-order valence-electron chi connectivity index (χ2n) is 3.97. The van der Waals surface area contributed by atoms with E-state index in [1.165, 1.54) is 0 Å². The van der Waals surface area contributed by atoms with Crippen LogP contribution in [0.25, 0.3) is 0 Å². The summed E-state index contributed by atoms with van der Waals surface area (Å²) < 4.78 is 5.85. The summed E-state index contributed by atoms with van der Waals surface area (Å²) in [5.74, 6) is 0.980. The minimum absolute atomic E-state index is 0. The van der Waals surface area contributed by atoms with Gasteiger partial charge in [0.1, 0.15) is 5.75 Å². The highest BCUT2D eigenvalue weighted by atomic mass is 16.5. The lowest BCUT2D eigenvalue weighted by atomic mass is 9.94. The van der Waals surface area contributed by atoms with Crippen LogP contribution in [0.5, 0.6) is 5.75 Å². The van der Waals surface area contributed by atoms with Crippen molar-refractivity contribution in [3.63, 3.8) is 0 Å². The van der Waals surface area contributed by atoms with Gasteiger partial charge >= 0.3 is 0 Å². The largest absolute Gasteiger partial charge is 0.490 e. The van der Waals surface area contributed by atoms with Gasteiger partial charge in [-0.25, -0.2) is 0 Å². The molecule has 0 spiro atoms. The maximum atomic E-state index is 5.85. The second-order valence-corrected chi connectivity index (χ2v) is 3.97. The molecular weight excluding hydrogens is 186 g/mol. The number of ether oxygens (including phenoxy) is 1. The first-order chi connectivity index (χ1) is 6.84. The molecule has 0 bridgehead atoms. The smallest absolute Gasteiger partial charge is 0.119 e. The first kappa shape index (κ1) is 12.1. The Kier molecular flexibility index (Phi) is 4.63. The molecule has 2 heteroatoms. The Morgan fingerprint density at radius 2 is 1.60 bits per heavy atom. The van der Waals surface area contributed by atoms with E-state index in [2.05, 4.69) is 0 Å². The molecule has 1 aliphatic rings. The van der Waals surface area contributed by atoms with Crippen molar-refractivity contribution in [3.8, 4) is 5.75 Å². The van der Waals surface area contributed by atoms with Gasteiger partial charge in [-0.3, -0.25) is 0 Å². The molecule has 2 rings (SSSR count). The van der Waals surface area contributed by atoms with Crippen molar-refractivity contribution in [1.29, 1.82) is 0 Å². The van der Waals surface area contributed by atoms with E-state index in [0.29, 0.717) is 12.1 Å². The highest BCUT2D eigenvalue weighted by molar-refractivity contribution is 5.21. The van der Waals surface area contributed by atoms with Crippen molar-refractivity contribution in [2.24, 2.45) is 5.73 Å². The molecule has 1 aliphatic carbocycles. The zero-order chi connectivity index (χ0) is 9.80. The number of hydrogen-bond donors (Lipinski definition) is 1. The Morgan fingerprint density at radius 1 is 1.00 bits per heavy atom. The van der Waals surface area contributed by atoms with Gasteiger partial charge in [0.25, 0.3) is 0 Å². The topological polar surface area (TPSA) is 35.2 Å². The molecule has 0 heterocycles. The van der Waals surface area contributed by atoms with Crippen molar-refractivity contribution >= 4 is 0 Å². The van der Waals surface area contributed by atoms with Crippen molar-refractivity contribution in [3.05, 3.63) is 30.3 Å². The van der Waals surface area contributed by atoms with E-state index in [1.807, 2.05) is 30.3 Å². The third kappa shape index (κ3) is 3.56. The summed E-state index contributed by atoms with van der Waals surface area (Å²) in [6.07, 6.45) is 4.75. The number of nitrogens with two attached hydrogens (primary N) is 1. The molecule has 0 atom stereocenters. The third-order valence-electron chi connectivity index (χ3n) is 2.76. The molecule has 1 fully saturated rings. The summed E-state index contributed by atoms with van der Waals surface area (Å²) in [5, 5.41) is 0. The molecule has 2 N–H and O–H groups in total. The Balaban J connectivity index is 0.00000112. The average molecular weight is 207 g/mol. The fraction of sp³-hybridized carbons (Fsp3) is 0.538. The molecule has 1 aromatic carbocycles. The minimum atomic E-state index is 0. The molecule has 0 unspecified atom stereocenters. The van der Waals surface area contributed by atoms with Crippen LogP contribution in [0.3, 0.4) is 0 Å². The fourth-order valence-electron chi connectivity index (χ4n) is 1.90. The van der Waals surface area contributed by atoms with Crippen LogP contribution < -0.4 is 10.5 Å². The highest BCUT2D eigenvalue weighted by Crippen LogP contribution is 2.22. The average Bonchev–Trinajstić information content (AvgIpc) is 2.23. The van der Waals surface area contributed by atoms with Gasteiger partial charge < -0.3 is 10.5 Å². The first-order valence-corrected chi connectivity index (χ1v) is 5.32. The molecule has 0 saturated heterocycles. The van der Waals surface area contributed by atoms with E-state index in [4.69, 9.17) is 10.5 Å². The van der Waals surface area contributed by atoms with Crippen LogP contribution in [0.4, 0.5) is 0 Å². The molecule has 15 heavy (non-hydrogen) atoms. The zero-order valence-corrected chi connectivity index (χ0v) is 8.36. The molecule has 0 aliphatic heterocycles. The molecule has 2 nitrogen and oxygen atoms in total. The van der Waals surface area contributed by atoms with E-state index >= 15 is 0 Å². The normalized spacial score (nSPS) is 25.4. The summed E-state index contributed by atoms with van der Waals surface area (Å²) >= 11 is 0. The lowest BCUT2D eigenvalue weighted by Crippen LogP contribution is -2.31. The number of para-hydroxylation sites is 1. The van der Waals surface area contributed by atoms with Crippen molar-refractivity contribution in [1.82, 2.24) is 0 Å². The Morgan fingerprint density at radius 3 is 2.20 bits per heavy atom. The predicted molar refractivity (Wildman–Crippen MR) is 64.0 cm³/mol. The maximum absolute atomic E-state index is 5.85. The number of hydrogen-bond acceptors (Lipinski definition) is 2. The zero-order valence-electron chi connectivity index (χ0n) is 8.36. The van der Waals surface area contributed by atoms with Crippen molar-refractivity contribution in [2.45, 2.75) is 45.3 Å².